The lowest BCUT2D eigenvalue weighted by Crippen LogP contribution is -2.38. The number of methoxy groups -OCH3 is 1. The lowest BCUT2D eigenvalue weighted by molar-refractivity contribution is 0.178. The smallest absolute Gasteiger partial charge is 0.215 e. The van der Waals surface area contributed by atoms with Crippen molar-refractivity contribution in [1.82, 2.24) is 14.6 Å². The minimum Gasteiger partial charge on any atom is -0.497 e. The predicted molar refractivity (Wildman–Crippen MR) is 106 cm³/mol. The average Bonchev–Trinajstić information content (AvgIpc) is 2.68. The SMILES string of the molecule is COc1cccc(CS(=O)(=O)NCC2CCN(Cc3ccncc3)CC2)c1. The number of piperidine rings is 1. The fraction of sp³-hybridized carbons (Fsp3) is 0.450. The molecule has 1 N–H and O–H groups in total. The first kappa shape index (κ1) is 19.8. The normalized spacial score (nSPS) is 16.3. The van der Waals surface area contributed by atoms with Gasteiger partial charge in [0.1, 0.15) is 5.75 Å². The molecule has 1 aliphatic rings. The second-order valence-electron chi connectivity index (χ2n) is 7.03. The van der Waals surface area contributed by atoms with E-state index in [-0.39, 0.29) is 5.75 Å². The topological polar surface area (TPSA) is 71.5 Å². The predicted octanol–water partition coefficient (Wildman–Crippen LogP) is 2.42. The molecule has 3 rings (SSSR count). The maximum atomic E-state index is 12.4. The molecule has 0 bridgehead atoms. The summed E-state index contributed by atoms with van der Waals surface area (Å²) in [6.45, 7) is 3.42. The number of aromatic nitrogens is 1. The van der Waals surface area contributed by atoms with Gasteiger partial charge in [-0.25, -0.2) is 13.1 Å². The van der Waals surface area contributed by atoms with Gasteiger partial charge < -0.3 is 4.74 Å². The molecule has 1 aromatic carbocycles. The van der Waals surface area contributed by atoms with Crippen LogP contribution in [0.2, 0.25) is 0 Å². The molecule has 7 heteroatoms. The van der Waals surface area contributed by atoms with Crippen molar-refractivity contribution in [3.05, 3.63) is 59.9 Å². The van der Waals surface area contributed by atoms with Crippen LogP contribution in [0.15, 0.2) is 48.8 Å². The fourth-order valence-electron chi connectivity index (χ4n) is 3.37. The number of ether oxygens (including phenoxy) is 1. The Morgan fingerprint density at radius 1 is 1.15 bits per heavy atom. The van der Waals surface area contributed by atoms with E-state index in [9.17, 15) is 8.42 Å². The van der Waals surface area contributed by atoms with E-state index in [4.69, 9.17) is 4.74 Å². The Morgan fingerprint density at radius 3 is 2.59 bits per heavy atom. The molecule has 27 heavy (non-hydrogen) atoms. The first-order chi connectivity index (χ1) is 13.0. The number of nitrogens with one attached hydrogen (secondary N) is 1. The Kier molecular flexibility index (Phi) is 6.82. The van der Waals surface area contributed by atoms with Crippen LogP contribution in [0.25, 0.3) is 0 Å². The van der Waals surface area contributed by atoms with Gasteiger partial charge >= 0.3 is 0 Å². The van der Waals surface area contributed by atoms with Gasteiger partial charge in [-0.3, -0.25) is 9.88 Å². The molecular weight excluding hydrogens is 362 g/mol. The molecule has 0 saturated carbocycles. The van der Waals surface area contributed by atoms with Gasteiger partial charge in [-0.15, -0.1) is 0 Å². The van der Waals surface area contributed by atoms with Gasteiger partial charge in [0.2, 0.25) is 10.0 Å². The van der Waals surface area contributed by atoms with Crippen molar-refractivity contribution in [3.63, 3.8) is 0 Å². The molecule has 0 radical (unpaired) electrons. The molecule has 2 aromatic rings. The summed E-state index contributed by atoms with van der Waals surface area (Å²) in [5, 5.41) is 0. The molecular formula is C20H27N3O3S. The Morgan fingerprint density at radius 2 is 1.89 bits per heavy atom. The third-order valence-corrected chi connectivity index (χ3v) is 6.27. The zero-order valence-corrected chi connectivity index (χ0v) is 16.5. The van der Waals surface area contributed by atoms with E-state index < -0.39 is 10.0 Å². The number of likely N-dealkylation sites (tertiary alicyclic amines) is 1. The summed E-state index contributed by atoms with van der Waals surface area (Å²) < 4.78 is 32.7. The lowest BCUT2D eigenvalue weighted by atomic mass is 9.97. The summed E-state index contributed by atoms with van der Waals surface area (Å²) in [6.07, 6.45) is 5.65. The van der Waals surface area contributed by atoms with E-state index in [2.05, 4.69) is 14.6 Å². The van der Waals surface area contributed by atoms with E-state index in [0.29, 0.717) is 18.2 Å². The number of sulfonamides is 1. The van der Waals surface area contributed by atoms with Crippen molar-refractivity contribution in [1.29, 1.82) is 0 Å². The zero-order chi connectivity index (χ0) is 19.1. The van der Waals surface area contributed by atoms with Gasteiger partial charge in [0.05, 0.1) is 12.9 Å². The van der Waals surface area contributed by atoms with Gasteiger partial charge in [0.25, 0.3) is 0 Å². The summed E-state index contributed by atoms with van der Waals surface area (Å²) in [5.74, 6) is 1.04. The van der Waals surface area contributed by atoms with E-state index in [1.54, 1.807) is 19.2 Å². The molecule has 0 amide bonds. The van der Waals surface area contributed by atoms with Crippen LogP contribution < -0.4 is 9.46 Å². The van der Waals surface area contributed by atoms with Crippen LogP contribution in [0.3, 0.4) is 0 Å². The Hall–Kier alpha value is -1.96. The number of pyridine rings is 1. The molecule has 6 nitrogen and oxygen atoms in total. The maximum absolute atomic E-state index is 12.4. The third-order valence-electron chi connectivity index (χ3n) is 4.95. The van der Waals surface area contributed by atoms with Gasteiger partial charge in [-0.1, -0.05) is 12.1 Å². The Bertz CT molecular complexity index is 819. The highest BCUT2D eigenvalue weighted by Crippen LogP contribution is 2.19. The van der Waals surface area contributed by atoms with Crippen molar-refractivity contribution < 1.29 is 13.2 Å². The molecule has 0 spiro atoms. The fourth-order valence-corrected chi connectivity index (χ4v) is 4.58. The molecule has 0 atom stereocenters. The minimum absolute atomic E-state index is 0.0227. The van der Waals surface area contributed by atoms with Crippen LogP contribution in [-0.2, 0) is 22.3 Å². The molecule has 0 unspecified atom stereocenters. The molecule has 1 aliphatic heterocycles. The number of rotatable bonds is 8. The Balaban J connectivity index is 1.43. The number of nitrogens with zero attached hydrogens (tertiary/aromatic N) is 2. The molecule has 0 aliphatic carbocycles. The second-order valence-corrected chi connectivity index (χ2v) is 8.84. The average molecular weight is 390 g/mol. The number of benzene rings is 1. The van der Waals surface area contributed by atoms with Crippen molar-refractivity contribution in [2.24, 2.45) is 5.92 Å². The van der Waals surface area contributed by atoms with Crippen molar-refractivity contribution in [3.8, 4) is 5.75 Å². The van der Waals surface area contributed by atoms with Crippen LogP contribution in [0.1, 0.15) is 24.0 Å². The van der Waals surface area contributed by atoms with Crippen LogP contribution in [0.5, 0.6) is 5.75 Å². The van der Waals surface area contributed by atoms with E-state index in [0.717, 1.165) is 38.0 Å². The highest BCUT2D eigenvalue weighted by molar-refractivity contribution is 7.88. The summed E-state index contributed by atoms with van der Waals surface area (Å²) in [6, 6.07) is 11.3. The molecule has 1 saturated heterocycles. The molecule has 1 fully saturated rings. The van der Waals surface area contributed by atoms with Crippen molar-refractivity contribution >= 4 is 10.0 Å². The second kappa shape index (κ2) is 9.30. The summed E-state index contributed by atoms with van der Waals surface area (Å²) in [5.41, 5.74) is 2.00. The van der Waals surface area contributed by atoms with E-state index in [1.165, 1.54) is 5.56 Å². The summed E-state index contributed by atoms with van der Waals surface area (Å²) >= 11 is 0. The van der Waals surface area contributed by atoms with Crippen LogP contribution in [-0.4, -0.2) is 45.0 Å². The van der Waals surface area contributed by atoms with Crippen LogP contribution in [0.4, 0.5) is 0 Å². The van der Waals surface area contributed by atoms with Crippen LogP contribution >= 0.6 is 0 Å². The largest absolute Gasteiger partial charge is 0.497 e. The number of hydrogen-bond acceptors (Lipinski definition) is 5. The highest BCUT2D eigenvalue weighted by Gasteiger charge is 2.21. The maximum Gasteiger partial charge on any atom is 0.215 e. The lowest BCUT2D eigenvalue weighted by Gasteiger charge is -2.32. The van der Waals surface area contributed by atoms with E-state index in [1.807, 2.05) is 36.7 Å². The molecule has 146 valence electrons. The first-order valence-electron chi connectivity index (χ1n) is 9.25. The van der Waals surface area contributed by atoms with Gasteiger partial charge in [0, 0.05) is 25.5 Å². The third kappa shape index (κ3) is 6.30. The van der Waals surface area contributed by atoms with Gasteiger partial charge in [-0.05, 0) is 67.2 Å². The summed E-state index contributed by atoms with van der Waals surface area (Å²) in [7, 11) is -1.77. The Labute approximate surface area is 161 Å². The standard InChI is InChI=1S/C20H27N3O3S/c1-26-20-4-2-3-19(13-20)16-27(24,25)22-14-17-7-11-23(12-8-17)15-18-5-9-21-10-6-18/h2-6,9-10,13,17,22H,7-8,11-12,14-16H2,1H3. The van der Waals surface area contributed by atoms with Gasteiger partial charge in [-0.2, -0.15) is 0 Å². The molecule has 2 heterocycles. The first-order valence-corrected chi connectivity index (χ1v) is 10.9. The van der Waals surface area contributed by atoms with Gasteiger partial charge in [0.15, 0.2) is 0 Å². The number of hydrogen-bond donors (Lipinski definition) is 1. The van der Waals surface area contributed by atoms with Crippen molar-refractivity contribution in [2.45, 2.75) is 25.1 Å². The summed E-state index contributed by atoms with van der Waals surface area (Å²) in [4.78, 5) is 6.46. The quantitative estimate of drug-likeness (QED) is 0.751. The van der Waals surface area contributed by atoms with Crippen LogP contribution in [0, 0.1) is 5.92 Å². The van der Waals surface area contributed by atoms with Crippen molar-refractivity contribution in [2.75, 3.05) is 26.7 Å². The minimum atomic E-state index is -3.35. The molecule has 1 aromatic heterocycles. The highest BCUT2D eigenvalue weighted by atomic mass is 32.2. The van der Waals surface area contributed by atoms with E-state index >= 15 is 0 Å². The monoisotopic (exact) mass is 389 g/mol. The zero-order valence-electron chi connectivity index (χ0n) is 15.7.